The molecule has 1 amide bonds. The Bertz CT molecular complexity index is 484. The molecule has 1 N–H and O–H groups in total. The van der Waals surface area contributed by atoms with E-state index in [0.717, 1.165) is 38.2 Å². The molecule has 2 heterocycles. The third-order valence-electron chi connectivity index (χ3n) is 5.38. The lowest BCUT2D eigenvalue weighted by Crippen LogP contribution is -2.47. The first kappa shape index (κ1) is 17.3. The van der Waals surface area contributed by atoms with Gasteiger partial charge in [-0.15, -0.1) is 12.4 Å². The summed E-state index contributed by atoms with van der Waals surface area (Å²) in [5.41, 5.74) is 2.64. The number of amides is 1. The van der Waals surface area contributed by atoms with Crippen molar-refractivity contribution in [3.8, 4) is 0 Å². The van der Waals surface area contributed by atoms with Crippen molar-refractivity contribution in [2.24, 2.45) is 5.41 Å². The molecule has 22 heavy (non-hydrogen) atoms. The van der Waals surface area contributed by atoms with Crippen LogP contribution in [0.4, 0.5) is 0 Å². The lowest BCUT2D eigenvalue weighted by Gasteiger charge is -2.44. The predicted molar refractivity (Wildman–Crippen MR) is 92.7 cm³/mol. The van der Waals surface area contributed by atoms with E-state index in [2.05, 4.69) is 24.4 Å². The van der Waals surface area contributed by atoms with Crippen LogP contribution in [0.1, 0.15) is 48.5 Å². The number of aryl methyl sites for hydroxylation is 1. The summed E-state index contributed by atoms with van der Waals surface area (Å²) in [4.78, 5) is 14.6. The van der Waals surface area contributed by atoms with Crippen LogP contribution in [0.3, 0.4) is 0 Å². The van der Waals surface area contributed by atoms with Gasteiger partial charge >= 0.3 is 0 Å². The van der Waals surface area contributed by atoms with E-state index in [9.17, 15) is 4.79 Å². The fourth-order valence-electron chi connectivity index (χ4n) is 3.71. The molecule has 4 heteroatoms. The van der Waals surface area contributed by atoms with Gasteiger partial charge in [-0.25, -0.2) is 0 Å². The molecule has 0 aromatic heterocycles. The molecular formula is C18H27ClN2O. The molecule has 3 nitrogen and oxygen atoms in total. The Kier molecular flexibility index (Phi) is 5.87. The molecular weight excluding hydrogens is 296 g/mol. The number of halogens is 1. The maximum absolute atomic E-state index is 12.6. The van der Waals surface area contributed by atoms with E-state index in [4.69, 9.17) is 0 Å². The fourth-order valence-corrected chi connectivity index (χ4v) is 3.71. The molecule has 2 saturated heterocycles. The smallest absolute Gasteiger partial charge is 0.253 e. The first-order valence-corrected chi connectivity index (χ1v) is 8.31. The molecule has 0 unspecified atom stereocenters. The fraction of sp³-hybridized carbons (Fsp3) is 0.611. The molecule has 2 fully saturated rings. The van der Waals surface area contributed by atoms with E-state index < -0.39 is 0 Å². The minimum atomic E-state index is 0. The number of piperidine rings is 2. The van der Waals surface area contributed by atoms with Gasteiger partial charge in [0.1, 0.15) is 0 Å². The molecule has 0 aliphatic carbocycles. The highest BCUT2D eigenvalue weighted by molar-refractivity contribution is 5.94. The molecule has 0 bridgehead atoms. The standard InChI is InChI=1S/C18H26N2O.ClH/c1-2-15-3-5-16(6-4-15)17(21)20-13-9-18(10-14-20)7-11-19-12-8-18;/h3-6,19H,2,7-14H2,1H3;1H. The van der Waals surface area contributed by atoms with Crippen molar-refractivity contribution in [2.45, 2.75) is 39.0 Å². The first-order chi connectivity index (χ1) is 10.2. The summed E-state index contributed by atoms with van der Waals surface area (Å²) in [5.74, 6) is 0.210. The monoisotopic (exact) mass is 322 g/mol. The molecule has 3 rings (SSSR count). The Labute approximate surface area is 139 Å². The topological polar surface area (TPSA) is 32.3 Å². The van der Waals surface area contributed by atoms with Crippen molar-refractivity contribution in [1.82, 2.24) is 10.2 Å². The van der Waals surface area contributed by atoms with Gasteiger partial charge < -0.3 is 10.2 Å². The van der Waals surface area contributed by atoms with Crippen molar-refractivity contribution >= 4 is 18.3 Å². The average Bonchev–Trinajstić information content (AvgIpc) is 2.56. The number of rotatable bonds is 2. The zero-order valence-electron chi connectivity index (χ0n) is 13.4. The Morgan fingerprint density at radius 2 is 1.68 bits per heavy atom. The molecule has 1 aromatic carbocycles. The second kappa shape index (κ2) is 7.47. The highest BCUT2D eigenvalue weighted by Crippen LogP contribution is 2.39. The summed E-state index contributed by atoms with van der Waals surface area (Å²) in [6, 6.07) is 8.11. The summed E-state index contributed by atoms with van der Waals surface area (Å²) in [5, 5.41) is 3.45. The number of benzene rings is 1. The minimum Gasteiger partial charge on any atom is -0.339 e. The normalized spacial score (nSPS) is 20.5. The van der Waals surface area contributed by atoms with E-state index >= 15 is 0 Å². The summed E-state index contributed by atoms with van der Waals surface area (Å²) < 4.78 is 0. The van der Waals surface area contributed by atoms with E-state index in [-0.39, 0.29) is 18.3 Å². The van der Waals surface area contributed by atoms with Gasteiger partial charge in [-0.1, -0.05) is 19.1 Å². The molecule has 0 atom stereocenters. The van der Waals surface area contributed by atoms with Gasteiger partial charge in [0.25, 0.3) is 5.91 Å². The van der Waals surface area contributed by atoms with Crippen molar-refractivity contribution in [2.75, 3.05) is 26.2 Å². The number of carbonyl (C=O) groups excluding carboxylic acids is 1. The van der Waals surface area contributed by atoms with Crippen LogP contribution in [0.2, 0.25) is 0 Å². The zero-order valence-corrected chi connectivity index (χ0v) is 14.3. The molecule has 0 radical (unpaired) electrons. The van der Waals surface area contributed by atoms with Crippen molar-refractivity contribution < 1.29 is 4.79 Å². The Balaban J connectivity index is 0.00000176. The zero-order chi connectivity index (χ0) is 14.7. The summed E-state index contributed by atoms with van der Waals surface area (Å²) >= 11 is 0. The van der Waals surface area contributed by atoms with Crippen molar-refractivity contribution in [3.63, 3.8) is 0 Å². The number of nitrogens with one attached hydrogen (secondary N) is 1. The van der Waals surface area contributed by atoms with Gasteiger partial charge in [0, 0.05) is 18.7 Å². The maximum atomic E-state index is 12.6. The van der Waals surface area contributed by atoms with Crippen LogP contribution in [0.25, 0.3) is 0 Å². The van der Waals surface area contributed by atoms with E-state index in [1.165, 1.54) is 31.2 Å². The van der Waals surface area contributed by atoms with Crippen molar-refractivity contribution in [3.05, 3.63) is 35.4 Å². The maximum Gasteiger partial charge on any atom is 0.253 e. The molecule has 122 valence electrons. The van der Waals surface area contributed by atoms with Crippen LogP contribution in [0.5, 0.6) is 0 Å². The van der Waals surface area contributed by atoms with Crippen LogP contribution in [0, 0.1) is 5.41 Å². The summed E-state index contributed by atoms with van der Waals surface area (Å²) in [6.45, 7) is 6.28. The van der Waals surface area contributed by atoms with Crippen LogP contribution >= 0.6 is 12.4 Å². The van der Waals surface area contributed by atoms with Crippen LogP contribution in [-0.2, 0) is 6.42 Å². The second-order valence-corrected chi connectivity index (χ2v) is 6.59. The van der Waals surface area contributed by atoms with Crippen LogP contribution in [0.15, 0.2) is 24.3 Å². The van der Waals surface area contributed by atoms with E-state index in [1.54, 1.807) is 0 Å². The van der Waals surface area contributed by atoms with Crippen molar-refractivity contribution in [1.29, 1.82) is 0 Å². The lowest BCUT2D eigenvalue weighted by atomic mass is 9.71. The predicted octanol–water partition coefficient (Wildman–Crippen LogP) is 3.28. The van der Waals surface area contributed by atoms with Crippen LogP contribution in [-0.4, -0.2) is 37.0 Å². The number of nitrogens with zero attached hydrogens (tertiary/aromatic N) is 1. The van der Waals surface area contributed by atoms with Gasteiger partial charge in [0.05, 0.1) is 0 Å². The second-order valence-electron chi connectivity index (χ2n) is 6.59. The third kappa shape index (κ3) is 3.64. The number of hydrogen-bond acceptors (Lipinski definition) is 2. The summed E-state index contributed by atoms with van der Waals surface area (Å²) in [7, 11) is 0. The molecule has 0 saturated carbocycles. The van der Waals surface area contributed by atoms with Crippen LogP contribution < -0.4 is 5.32 Å². The Morgan fingerprint density at radius 3 is 2.23 bits per heavy atom. The summed E-state index contributed by atoms with van der Waals surface area (Å²) in [6.07, 6.45) is 5.93. The minimum absolute atomic E-state index is 0. The first-order valence-electron chi connectivity index (χ1n) is 8.31. The molecule has 2 aliphatic heterocycles. The van der Waals surface area contributed by atoms with Gasteiger partial charge in [-0.2, -0.15) is 0 Å². The lowest BCUT2D eigenvalue weighted by molar-refractivity contribution is 0.0495. The highest BCUT2D eigenvalue weighted by Gasteiger charge is 2.36. The largest absolute Gasteiger partial charge is 0.339 e. The highest BCUT2D eigenvalue weighted by atomic mass is 35.5. The van der Waals surface area contributed by atoms with E-state index in [1.807, 2.05) is 17.0 Å². The Hall–Kier alpha value is -1.06. The number of carbonyl (C=O) groups is 1. The van der Waals surface area contributed by atoms with Gasteiger partial charge in [0.15, 0.2) is 0 Å². The molecule has 2 aliphatic rings. The third-order valence-corrected chi connectivity index (χ3v) is 5.38. The quantitative estimate of drug-likeness (QED) is 0.906. The van der Waals surface area contributed by atoms with Gasteiger partial charge in [-0.3, -0.25) is 4.79 Å². The van der Waals surface area contributed by atoms with Gasteiger partial charge in [0.2, 0.25) is 0 Å². The SMILES string of the molecule is CCc1ccc(C(=O)N2CCC3(CCNCC3)CC2)cc1.Cl. The number of likely N-dealkylation sites (tertiary alicyclic amines) is 1. The molecule has 1 aromatic rings. The van der Waals surface area contributed by atoms with Gasteiger partial charge in [-0.05, 0) is 68.3 Å². The number of hydrogen-bond donors (Lipinski definition) is 1. The Morgan fingerprint density at radius 1 is 1.09 bits per heavy atom. The average molecular weight is 323 g/mol. The van der Waals surface area contributed by atoms with E-state index in [0.29, 0.717) is 5.41 Å². The molecule has 1 spiro atoms.